The number of para-hydroxylation sites is 1. The van der Waals surface area contributed by atoms with Gasteiger partial charge in [-0.2, -0.15) is 0 Å². The van der Waals surface area contributed by atoms with E-state index in [1.165, 1.54) is 30.0 Å². The summed E-state index contributed by atoms with van der Waals surface area (Å²) in [4.78, 5) is 11.1. The van der Waals surface area contributed by atoms with Crippen LogP contribution in [0.3, 0.4) is 0 Å². The minimum atomic E-state index is -3.89. The summed E-state index contributed by atoms with van der Waals surface area (Å²) in [5.41, 5.74) is 0.892. The second-order valence-corrected chi connectivity index (χ2v) is 10.7. The van der Waals surface area contributed by atoms with E-state index in [1.807, 2.05) is 11.0 Å². The quantitative estimate of drug-likeness (QED) is 0.371. The maximum atomic E-state index is 13.0. The summed E-state index contributed by atoms with van der Waals surface area (Å²) in [6.45, 7) is 1.04. The average Bonchev–Trinajstić information content (AvgIpc) is 3.40. The van der Waals surface area contributed by atoms with Crippen LogP contribution in [0.5, 0.6) is 0 Å². The highest BCUT2D eigenvalue weighted by molar-refractivity contribution is 7.93. The monoisotopic (exact) mass is 497 g/mol. The van der Waals surface area contributed by atoms with E-state index in [4.69, 9.17) is 0 Å². The lowest BCUT2D eigenvalue weighted by molar-refractivity contribution is -0.0773. The molecule has 9 nitrogen and oxygen atoms in total. The average molecular weight is 498 g/mol. The SMILES string of the molecule is O=S(=O)(Nc1ccc(C(O)N2CCC(O)(c3ccns3)CC2)cc1)c1cccc2nccnc12. The Hall–Kier alpha value is -2.96. The molecule has 0 amide bonds. The zero-order chi connectivity index (χ0) is 23.8. The number of aliphatic hydroxyl groups excluding tert-OH is 1. The lowest BCUT2D eigenvalue weighted by Crippen LogP contribution is -2.43. The van der Waals surface area contributed by atoms with Crippen LogP contribution in [0.2, 0.25) is 0 Å². The molecule has 2 aromatic carbocycles. The predicted octanol–water partition coefficient (Wildman–Crippen LogP) is 2.86. The van der Waals surface area contributed by atoms with Crippen molar-refractivity contribution in [3.05, 3.63) is 77.6 Å². The van der Waals surface area contributed by atoms with Crippen molar-refractivity contribution in [1.82, 2.24) is 19.2 Å². The van der Waals surface area contributed by atoms with E-state index in [0.717, 1.165) is 4.88 Å². The Balaban J connectivity index is 1.27. The van der Waals surface area contributed by atoms with Gasteiger partial charge in [0.2, 0.25) is 0 Å². The summed E-state index contributed by atoms with van der Waals surface area (Å²) >= 11 is 1.29. The molecule has 1 aliphatic heterocycles. The van der Waals surface area contributed by atoms with Gasteiger partial charge in [-0.15, -0.1) is 0 Å². The minimum Gasteiger partial charge on any atom is -0.384 e. The third-order valence-electron chi connectivity index (χ3n) is 6.08. The second kappa shape index (κ2) is 9.01. The highest BCUT2D eigenvalue weighted by atomic mass is 32.2. The fraction of sp³-hybridized carbons (Fsp3) is 0.261. The van der Waals surface area contributed by atoms with Crippen molar-refractivity contribution in [3.8, 4) is 0 Å². The number of piperidine rings is 1. The van der Waals surface area contributed by atoms with Crippen LogP contribution in [0, 0.1) is 0 Å². The fourth-order valence-electron chi connectivity index (χ4n) is 4.17. The van der Waals surface area contributed by atoms with Gasteiger partial charge in [-0.3, -0.25) is 19.6 Å². The van der Waals surface area contributed by atoms with Crippen molar-refractivity contribution in [2.75, 3.05) is 17.8 Å². The van der Waals surface area contributed by atoms with Gasteiger partial charge >= 0.3 is 0 Å². The van der Waals surface area contributed by atoms with Crippen LogP contribution in [0.15, 0.2) is 72.0 Å². The first kappa shape index (κ1) is 22.8. The minimum absolute atomic E-state index is 0.0453. The molecule has 0 spiro atoms. The Labute approximate surface area is 201 Å². The van der Waals surface area contributed by atoms with Gasteiger partial charge in [-0.05, 0) is 60.3 Å². The van der Waals surface area contributed by atoms with Crippen molar-refractivity contribution in [2.24, 2.45) is 0 Å². The number of nitrogens with zero attached hydrogens (tertiary/aromatic N) is 4. The zero-order valence-corrected chi connectivity index (χ0v) is 19.7. The van der Waals surface area contributed by atoms with Crippen LogP contribution in [0.1, 0.15) is 29.5 Å². The fourth-order valence-corrected chi connectivity index (χ4v) is 6.12. The molecule has 4 aromatic rings. The molecule has 0 aliphatic carbocycles. The summed E-state index contributed by atoms with van der Waals surface area (Å²) in [5, 5.41) is 21.7. The second-order valence-electron chi connectivity index (χ2n) is 8.23. The molecule has 3 N–H and O–H groups in total. The molecule has 2 aromatic heterocycles. The van der Waals surface area contributed by atoms with Gasteiger partial charge in [-0.1, -0.05) is 18.2 Å². The number of likely N-dealkylation sites (tertiary alicyclic amines) is 1. The number of anilines is 1. The number of aliphatic hydroxyl groups is 2. The summed E-state index contributed by atoms with van der Waals surface area (Å²) in [6, 6.07) is 13.3. The number of benzene rings is 2. The number of hydrogen-bond donors (Lipinski definition) is 3. The number of hydrogen-bond acceptors (Lipinski definition) is 9. The largest absolute Gasteiger partial charge is 0.384 e. The summed E-state index contributed by atoms with van der Waals surface area (Å²) in [6.07, 6.45) is 4.79. The number of rotatable bonds is 6. The summed E-state index contributed by atoms with van der Waals surface area (Å²) in [7, 11) is -3.89. The first-order valence-electron chi connectivity index (χ1n) is 10.7. The first-order valence-corrected chi connectivity index (χ1v) is 13.0. The van der Waals surface area contributed by atoms with Crippen LogP contribution in [0.25, 0.3) is 11.0 Å². The van der Waals surface area contributed by atoms with Crippen LogP contribution in [-0.4, -0.2) is 51.0 Å². The Kier molecular flexibility index (Phi) is 6.04. The molecule has 1 saturated heterocycles. The molecule has 11 heteroatoms. The Morgan fingerprint density at radius 1 is 1.00 bits per heavy atom. The van der Waals surface area contributed by atoms with Gasteiger partial charge in [0.05, 0.1) is 10.4 Å². The highest BCUT2D eigenvalue weighted by Gasteiger charge is 2.37. The van der Waals surface area contributed by atoms with Crippen LogP contribution in [0.4, 0.5) is 5.69 Å². The standard InChI is InChI=1S/C23H23N5O4S2/c29-22(28-14-9-23(30,10-15-28)20-8-11-26-33-20)16-4-6-17(7-5-16)27-34(31,32)19-3-1-2-18-21(19)25-13-12-24-18/h1-8,11-13,22,27,29-30H,9-10,14-15H2. The Bertz CT molecular complexity index is 1380. The molecule has 1 unspecified atom stereocenters. The molecule has 0 saturated carbocycles. The van der Waals surface area contributed by atoms with Crippen molar-refractivity contribution < 1.29 is 18.6 Å². The highest BCUT2D eigenvalue weighted by Crippen LogP contribution is 2.36. The zero-order valence-electron chi connectivity index (χ0n) is 18.1. The molecular formula is C23H23N5O4S2. The topological polar surface area (TPSA) is 129 Å². The molecular weight excluding hydrogens is 474 g/mol. The van der Waals surface area contributed by atoms with Crippen LogP contribution < -0.4 is 4.72 Å². The van der Waals surface area contributed by atoms with Gasteiger partial charge in [-0.25, -0.2) is 12.8 Å². The third kappa shape index (κ3) is 4.40. The number of aromatic nitrogens is 3. The Morgan fingerprint density at radius 3 is 2.44 bits per heavy atom. The number of sulfonamides is 1. The van der Waals surface area contributed by atoms with Crippen LogP contribution in [-0.2, 0) is 15.6 Å². The smallest absolute Gasteiger partial charge is 0.264 e. The lowest BCUT2D eigenvalue weighted by atomic mass is 9.89. The van der Waals surface area contributed by atoms with Crippen molar-refractivity contribution in [1.29, 1.82) is 0 Å². The maximum absolute atomic E-state index is 13.0. The van der Waals surface area contributed by atoms with Crippen LogP contribution >= 0.6 is 11.5 Å². The molecule has 3 heterocycles. The molecule has 1 aliphatic rings. The number of fused-ring (bicyclic) bond motifs is 1. The van der Waals surface area contributed by atoms with E-state index < -0.39 is 21.9 Å². The first-order chi connectivity index (χ1) is 16.4. The molecule has 0 radical (unpaired) electrons. The predicted molar refractivity (Wildman–Crippen MR) is 129 cm³/mol. The molecule has 0 bridgehead atoms. The van der Waals surface area contributed by atoms with Crippen molar-refractivity contribution >= 4 is 38.3 Å². The lowest BCUT2D eigenvalue weighted by Gasteiger charge is -2.39. The molecule has 34 heavy (non-hydrogen) atoms. The Morgan fingerprint density at radius 2 is 1.74 bits per heavy atom. The maximum Gasteiger partial charge on any atom is 0.264 e. The van der Waals surface area contributed by atoms with E-state index in [0.29, 0.717) is 48.2 Å². The van der Waals surface area contributed by atoms with E-state index in [9.17, 15) is 18.6 Å². The van der Waals surface area contributed by atoms with Gasteiger partial charge in [0, 0.05) is 37.4 Å². The molecule has 5 rings (SSSR count). The van der Waals surface area contributed by atoms with E-state index >= 15 is 0 Å². The number of nitrogens with one attached hydrogen (secondary N) is 1. The van der Waals surface area contributed by atoms with Gasteiger partial charge < -0.3 is 10.2 Å². The van der Waals surface area contributed by atoms with E-state index in [-0.39, 0.29) is 4.90 Å². The summed E-state index contributed by atoms with van der Waals surface area (Å²) in [5.74, 6) is 0. The van der Waals surface area contributed by atoms with Gasteiger partial charge in [0.1, 0.15) is 22.2 Å². The van der Waals surface area contributed by atoms with Crippen molar-refractivity contribution in [3.63, 3.8) is 0 Å². The summed E-state index contributed by atoms with van der Waals surface area (Å²) < 4.78 is 32.6. The molecule has 1 fully saturated rings. The van der Waals surface area contributed by atoms with Gasteiger partial charge in [0.15, 0.2) is 0 Å². The van der Waals surface area contributed by atoms with Gasteiger partial charge in [0.25, 0.3) is 10.0 Å². The van der Waals surface area contributed by atoms with E-state index in [1.54, 1.807) is 42.6 Å². The molecule has 176 valence electrons. The molecule has 1 atom stereocenters. The normalized spacial score (nSPS) is 17.5. The van der Waals surface area contributed by atoms with E-state index in [2.05, 4.69) is 19.1 Å². The van der Waals surface area contributed by atoms with Crippen molar-refractivity contribution in [2.45, 2.75) is 29.6 Å². The third-order valence-corrected chi connectivity index (χ3v) is 8.43.